The molecule has 17 heavy (non-hydrogen) atoms. The van der Waals surface area contributed by atoms with Gasteiger partial charge in [0.15, 0.2) is 0 Å². The normalized spacial score (nSPS) is 12.9. The Labute approximate surface area is 101 Å². The van der Waals surface area contributed by atoms with E-state index in [9.17, 15) is 5.11 Å². The monoisotopic (exact) mass is 233 g/mol. The van der Waals surface area contributed by atoms with Gasteiger partial charge in [0, 0.05) is 25.6 Å². The first-order valence-electron chi connectivity index (χ1n) is 6.01. The molecule has 0 aromatic carbocycles. The highest BCUT2D eigenvalue weighted by molar-refractivity contribution is 5.14. The molecule has 4 nitrogen and oxygen atoms in total. The Morgan fingerprint density at radius 2 is 2.18 bits per heavy atom. The average Bonchev–Trinajstić information content (AvgIpc) is 2.89. The van der Waals surface area contributed by atoms with Gasteiger partial charge >= 0.3 is 0 Å². The lowest BCUT2D eigenvalue weighted by atomic mass is 10.1. The number of aliphatic hydroxyl groups excluding tert-OH is 1. The molecule has 2 rings (SSSR count). The van der Waals surface area contributed by atoms with Crippen LogP contribution in [-0.2, 0) is 13.6 Å². The highest BCUT2D eigenvalue weighted by Crippen LogP contribution is 2.18. The average molecular weight is 233 g/mol. The molecule has 0 saturated heterocycles. The van der Waals surface area contributed by atoms with Gasteiger partial charge in [-0.05, 0) is 24.1 Å². The molecule has 0 fully saturated rings. The van der Waals surface area contributed by atoms with E-state index >= 15 is 0 Å². The molecule has 92 valence electrons. The lowest BCUT2D eigenvalue weighted by Crippen LogP contribution is -1.99. The molecule has 0 saturated carbocycles. The third kappa shape index (κ3) is 2.97. The van der Waals surface area contributed by atoms with Gasteiger partial charge in [0.05, 0.1) is 18.3 Å². The van der Waals surface area contributed by atoms with Crippen LogP contribution in [-0.4, -0.2) is 19.5 Å². The van der Waals surface area contributed by atoms with Crippen molar-refractivity contribution in [1.82, 2.24) is 14.3 Å². The van der Waals surface area contributed by atoms with E-state index < -0.39 is 0 Å². The predicted molar refractivity (Wildman–Crippen MR) is 66.6 cm³/mol. The maximum absolute atomic E-state index is 9.87. The van der Waals surface area contributed by atoms with Crippen LogP contribution in [0, 0.1) is 0 Å². The minimum Gasteiger partial charge on any atom is -0.388 e. The summed E-state index contributed by atoms with van der Waals surface area (Å²) < 4.78 is 3.85. The summed E-state index contributed by atoms with van der Waals surface area (Å²) in [5, 5.41) is 14.2. The molecular formula is C13H19N3O. The predicted octanol–water partition coefficient (Wildman–Crippen LogP) is 2.10. The lowest BCUT2D eigenvalue weighted by molar-refractivity contribution is 0.166. The number of rotatable bonds is 5. The minimum absolute atomic E-state index is 0.343. The van der Waals surface area contributed by atoms with Crippen molar-refractivity contribution in [2.45, 2.75) is 32.4 Å². The van der Waals surface area contributed by atoms with Gasteiger partial charge in [-0.3, -0.25) is 4.68 Å². The smallest absolute Gasteiger partial charge is 0.0821 e. The molecule has 1 N–H and O–H groups in total. The second-order valence-corrected chi connectivity index (χ2v) is 4.40. The van der Waals surface area contributed by atoms with Crippen molar-refractivity contribution in [2.24, 2.45) is 7.05 Å². The molecule has 0 aliphatic rings. The van der Waals surface area contributed by atoms with Crippen molar-refractivity contribution < 1.29 is 5.11 Å². The molecule has 0 spiro atoms. The number of hydrogen-bond donors (Lipinski definition) is 1. The first-order valence-corrected chi connectivity index (χ1v) is 6.01. The van der Waals surface area contributed by atoms with Gasteiger partial charge in [-0.15, -0.1) is 0 Å². The lowest BCUT2D eigenvalue weighted by Gasteiger charge is -2.06. The molecule has 1 atom stereocenters. The Bertz CT molecular complexity index is 472. The number of aliphatic hydroxyl groups is 1. The molecule has 0 radical (unpaired) electrons. The van der Waals surface area contributed by atoms with E-state index in [0.29, 0.717) is 0 Å². The highest BCUT2D eigenvalue weighted by Gasteiger charge is 2.08. The van der Waals surface area contributed by atoms with Gasteiger partial charge in [0.1, 0.15) is 0 Å². The van der Waals surface area contributed by atoms with Crippen LogP contribution in [0.3, 0.4) is 0 Å². The van der Waals surface area contributed by atoms with Crippen molar-refractivity contribution in [1.29, 1.82) is 0 Å². The molecule has 2 aromatic rings. The van der Waals surface area contributed by atoms with Gasteiger partial charge in [-0.25, -0.2) is 0 Å². The summed E-state index contributed by atoms with van der Waals surface area (Å²) in [4.78, 5) is 0. The van der Waals surface area contributed by atoms with E-state index in [1.54, 1.807) is 4.68 Å². The summed E-state index contributed by atoms with van der Waals surface area (Å²) in [7, 11) is 1.91. The Hall–Kier alpha value is -1.55. The summed E-state index contributed by atoms with van der Waals surface area (Å²) in [6.07, 6.45) is 7.38. The van der Waals surface area contributed by atoms with Crippen LogP contribution in [0.5, 0.6) is 0 Å². The van der Waals surface area contributed by atoms with Crippen LogP contribution >= 0.6 is 0 Å². The van der Waals surface area contributed by atoms with E-state index in [-0.39, 0.29) is 6.10 Å². The largest absolute Gasteiger partial charge is 0.388 e. The zero-order chi connectivity index (χ0) is 12.3. The Morgan fingerprint density at radius 1 is 1.35 bits per heavy atom. The van der Waals surface area contributed by atoms with Crippen LogP contribution < -0.4 is 0 Å². The SMILES string of the molecule is CCCC(O)c1ccn(Cc2ccn(C)n2)c1. The maximum Gasteiger partial charge on any atom is 0.0821 e. The first-order chi connectivity index (χ1) is 8.19. The minimum atomic E-state index is -0.343. The van der Waals surface area contributed by atoms with Crippen molar-refractivity contribution in [3.05, 3.63) is 42.0 Å². The molecule has 0 aliphatic heterocycles. The van der Waals surface area contributed by atoms with Gasteiger partial charge in [0.25, 0.3) is 0 Å². The van der Waals surface area contributed by atoms with E-state index in [1.807, 2.05) is 37.8 Å². The Kier molecular flexibility index (Phi) is 3.64. The molecular weight excluding hydrogens is 214 g/mol. The summed E-state index contributed by atoms with van der Waals surface area (Å²) in [5.41, 5.74) is 2.02. The fraction of sp³-hybridized carbons (Fsp3) is 0.462. The summed E-state index contributed by atoms with van der Waals surface area (Å²) in [6.45, 7) is 2.83. The molecule has 2 heterocycles. The number of aromatic nitrogens is 3. The molecule has 0 aliphatic carbocycles. The number of nitrogens with zero attached hydrogens (tertiary/aromatic N) is 3. The van der Waals surface area contributed by atoms with Crippen molar-refractivity contribution in [3.8, 4) is 0 Å². The fourth-order valence-corrected chi connectivity index (χ4v) is 1.93. The second-order valence-electron chi connectivity index (χ2n) is 4.40. The molecule has 0 amide bonds. The quantitative estimate of drug-likeness (QED) is 0.859. The van der Waals surface area contributed by atoms with E-state index in [1.165, 1.54) is 0 Å². The third-order valence-electron chi connectivity index (χ3n) is 2.83. The molecule has 1 unspecified atom stereocenters. The van der Waals surface area contributed by atoms with Crippen LogP contribution in [0.15, 0.2) is 30.7 Å². The van der Waals surface area contributed by atoms with Gasteiger partial charge in [0.2, 0.25) is 0 Å². The van der Waals surface area contributed by atoms with Crippen LogP contribution in [0.2, 0.25) is 0 Å². The van der Waals surface area contributed by atoms with Crippen molar-refractivity contribution in [3.63, 3.8) is 0 Å². The van der Waals surface area contributed by atoms with E-state index in [2.05, 4.69) is 16.6 Å². The standard InChI is InChI=1S/C13H19N3O/c1-3-4-13(17)11-5-8-16(9-11)10-12-6-7-15(2)14-12/h5-9,13,17H,3-4,10H2,1-2H3. The Balaban J connectivity index is 2.03. The molecule has 2 aromatic heterocycles. The molecule has 4 heteroatoms. The van der Waals surface area contributed by atoms with Crippen LogP contribution in [0.4, 0.5) is 0 Å². The van der Waals surface area contributed by atoms with Gasteiger partial charge in [-0.2, -0.15) is 5.10 Å². The second kappa shape index (κ2) is 5.19. The topological polar surface area (TPSA) is 43.0 Å². The van der Waals surface area contributed by atoms with Gasteiger partial charge in [-0.1, -0.05) is 13.3 Å². The number of hydrogen-bond acceptors (Lipinski definition) is 2. The van der Waals surface area contributed by atoms with Crippen molar-refractivity contribution >= 4 is 0 Å². The maximum atomic E-state index is 9.87. The first kappa shape index (κ1) is 11.9. The summed E-state index contributed by atoms with van der Waals surface area (Å²) in [6, 6.07) is 3.98. The number of aryl methyl sites for hydroxylation is 1. The third-order valence-corrected chi connectivity index (χ3v) is 2.83. The van der Waals surface area contributed by atoms with Crippen LogP contribution in [0.1, 0.15) is 37.1 Å². The van der Waals surface area contributed by atoms with Crippen molar-refractivity contribution in [2.75, 3.05) is 0 Å². The Morgan fingerprint density at radius 3 is 2.82 bits per heavy atom. The summed E-state index contributed by atoms with van der Waals surface area (Å²) in [5.74, 6) is 0. The zero-order valence-corrected chi connectivity index (χ0v) is 10.4. The fourth-order valence-electron chi connectivity index (χ4n) is 1.93. The zero-order valence-electron chi connectivity index (χ0n) is 10.4. The van der Waals surface area contributed by atoms with E-state index in [0.717, 1.165) is 30.6 Å². The van der Waals surface area contributed by atoms with E-state index in [4.69, 9.17) is 0 Å². The highest BCUT2D eigenvalue weighted by atomic mass is 16.3. The van der Waals surface area contributed by atoms with Crippen LogP contribution in [0.25, 0.3) is 0 Å². The summed E-state index contributed by atoms with van der Waals surface area (Å²) >= 11 is 0. The molecule has 0 bridgehead atoms. The van der Waals surface area contributed by atoms with Gasteiger partial charge < -0.3 is 9.67 Å².